The summed E-state index contributed by atoms with van der Waals surface area (Å²) in [5.74, 6) is -0.610. The molecule has 0 spiro atoms. The van der Waals surface area contributed by atoms with Crippen molar-refractivity contribution in [3.05, 3.63) is 53.6 Å². The van der Waals surface area contributed by atoms with E-state index in [1.54, 1.807) is 0 Å². The number of unbranched alkanes of at least 4 members (excludes halogenated alkanes) is 1. The highest BCUT2D eigenvalue weighted by Crippen LogP contribution is 2.43. The minimum absolute atomic E-state index is 0.0183. The molecule has 5 rings (SSSR count). The third-order valence-electron chi connectivity index (χ3n) is 8.58. The summed E-state index contributed by atoms with van der Waals surface area (Å²) in [5.41, 5.74) is 3.10. The van der Waals surface area contributed by atoms with E-state index in [-0.39, 0.29) is 42.9 Å². The summed E-state index contributed by atoms with van der Waals surface area (Å²) in [4.78, 5) is 31.0. The summed E-state index contributed by atoms with van der Waals surface area (Å²) in [6, 6.07) is 13.6. The molecule has 3 heterocycles. The first kappa shape index (κ1) is 31.3. The predicted molar refractivity (Wildman–Crippen MR) is 164 cm³/mol. The van der Waals surface area contributed by atoms with Crippen LogP contribution in [0.15, 0.2) is 42.5 Å². The molecule has 2 fully saturated rings. The zero-order chi connectivity index (χ0) is 30.6. The van der Waals surface area contributed by atoms with Gasteiger partial charge in [0.25, 0.3) is 0 Å². The normalized spacial score (nSPS) is 22.3. The standard InChI is InChI=1S/C34H46N2O7/c1-5-6-14-36(25-9-7-8-23(17-25)19-34(2,3)4)30(37)21-35-20-26(24-10-12-28-29(18-24)43-22-42-28)32(33(38)39)27(35)11-13-31-40-15-16-41-31/h7-10,12,17-18,26-27,31-32H,5-6,11,13-16,19-22H2,1-4H3,(H,38,39)/t26-,27+,32?/m1/s1. The lowest BCUT2D eigenvalue weighted by Crippen LogP contribution is -2.44. The molecule has 0 aliphatic carbocycles. The fraction of sp³-hybridized carbons (Fsp3) is 0.588. The Labute approximate surface area is 255 Å². The molecule has 2 aromatic carbocycles. The molecule has 9 heteroatoms. The summed E-state index contributed by atoms with van der Waals surface area (Å²) >= 11 is 0. The number of aliphatic carboxylic acids is 1. The molecule has 2 aromatic rings. The van der Waals surface area contributed by atoms with E-state index in [4.69, 9.17) is 18.9 Å². The second kappa shape index (κ2) is 13.7. The molecule has 0 bridgehead atoms. The van der Waals surface area contributed by atoms with Crippen LogP contribution < -0.4 is 14.4 Å². The van der Waals surface area contributed by atoms with Crippen molar-refractivity contribution in [2.24, 2.45) is 11.3 Å². The molecule has 1 amide bonds. The molecular weight excluding hydrogens is 548 g/mol. The Morgan fingerprint density at radius 1 is 1.02 bits per heavy atom. The van der Waals surface area contributed by atoms with Crippen molar-refractivity contribution >= 4 is 17.6 Å². The number of likely N-dealkylation sites (tertiary alicyclic amines) is 1. The number of ether oxygens (including phenoxy) is 4. The number of carboxylic acids is 1. The highest BCUT2D eigenvalue weighted by molar-refractivity contribution is 5.95. The fourth-order valence-electron chi connectivity index (χ4n) is 6.63. The third-order valence-corrected chi connectivity index (χ3v) is 8.58. The van der Waals surface area contributed by atoms with Crippen LogP contribution in [0.4, 0.5) is 5.69 Å². The maximum Gasteiger partial charge on any atom is 0.308 e. The second-order valence-corrected chi connectivity index (χ2v) is 13.1. The number of amides is 1. The summed E-state index contributed by atoms with van der Waals surface area (Å²) in [5, 5.41) is 10.5. The monoisotopic (exact) mass is 594 g/mol. The van der Waals surface area contributed by atoms with Crippen LogP contribution in [-0.2, 0) is 25.5 Å². The number of benzene rings is 2. The first-order valence-electron chi connectivity index (χ1n) is 15.6. The SMILES string of the molecule is CCCCN(C(=O)CN1C[C@H](c2ccc3c(c2)OCO3)C(C(=O)O)[C@@H]1CCC1OCCO1)c1cccc(CC(C)(C)C)c1. The maximum absolute atomic E-state index is 14.1. The molecular formula is C34H46N2O7. The number of rotatable bonds is 12. The zero-order valence-electron chi connectivity index (χ0n) is 25.9. The van der Waals surface area contributed by atoms with Crippen LogP contribution in [0.25, 0.3) is 0 Å². The number of carboxylic acid groups (broad SMARTS) is 1. The van der Waals surface area contributed by atoms with Crippen molar-refractivity contribution in [3.8, 4) is 11.5 Å². The van der Waals surface area contributed by atoms with E-state index >= 15 is 0 Å². The molecule has 1 unspecified atom stereocenters. The Kier molecular flexibility index (Phi) is 9.94. The topological polar surface area (TPSA) is 97.8 Å². The Morgan fingerprint density at radius 2 is 1.79 bits per heavy atom. The third kappa shape index (κ3) is 7.69. The number of nitrogens with zero attached hydrogens (tertiary/aromatic N) is 2. The van der Waals surface area contributed by atoms with Crippen molar-refractivity contribution in [1.29, 1.82) is 0 Å². The molecule has 3 atom stereocenters. The number of carbonyl (C=O) groups is 2. The lowest BCUT2D eigenvalue weighted by molar-refractivity contribution is -0.143. The van der Waals surface area contributed by atoms with Crippen molar-refractivity contribution in [1.82, 2.24) is 4.90 Å². The molecule has 0 aromatic heterocycles. The highest BCUT2D eigenvalue weighted by atomic mass is 16.7. The molecule has 1 N–H and O–H groups in total. The Morgan fingerprint density at radius 3 is 2.51 bits per heavy atom. The first-order chi connectivity index (χ1) is 20.6. The van der Waals surface area contributed by atoms with Crippen LogP contribution in [0.3, 0.4) is 0 Å². The largest absolute Gasteiger partial charge is 0.481 e. The van der Waals surface area contributed by atoms with Gasteiger partial charge in [0.1, 0.15) is 0 Å². The van der Waals surface area contributed by atoms with Crippen molar-refractivity contribution < 1.29 is 33.6 Å². The summed E-state index contributed by atoms with van der Waals surface area (Å²) < 4.78 is 22.5. The van der Waals surface area contributed by atoms with Crippen LogP contribution in [0, 0.1) is 11.3 Å². The molecule has 3 aliphatic heterocycles. The van der Waals surface area contributed by atoms with Gasteiger partial charge in [-0.3, -0.25) is 14.5 Å². The van der Waals surface area contributed by atoms with Gasteiger partial charge in [-0.2, -0.15) is 0 Å². The summed E-state index contributed by atoms with van der Waals surface area (Å²) in [7, 11) is 0. The average molecular weight is 595 g/mol. The van der Waals surface area contributed by atoms with Gasteiger partial charge in [-0.1, -0.05) is 52.3 Å². The van der Waals surface area contributed by atoms with E-state index in [0.717, 1.165) is 30.5 Å². The fourth-order valence-corrected chi connectivity index (χ4v) is 6.63. The number of fused-ring (bicyclic) bond motifs is 1. The van der Waals surface area contributed by atoms with E-state index in [0.29, 0.717) is 50.6 Å². The number of hydrogen-bond donors (Lipinski definition) is 1. The van der Waals surface area contributed by atoms with Gasteiger partial charge in [0.15, 0.2) is 17.8 Å². The van der Waals surface area contributed by atoms with E-state index in [9.17, 15) is 14.7 Å². The second-order valence-electron chi connectivity index (χ2n) is 13.1. The quantitative estimate of drug-likeness (QED) is 0.346. The summed E-state index contributed by atoms with van der Waals surface area (Å²) in [6.07, 6.45) is 3.53. The summed E-state index contributed by atoms with van der Waals surface area (Å²) in [6.45, 7) is 11.2. The Hall–Kier alpha value is -3.14. The van der Waals surface area contributed by atoms with Crippen molar-refractivity contribution in [3.63, 3.8) is 0 Å². The molecule has 43 heavy (non-hydrogen) atoms. The van der Waals surface area contributed by atoms with Crippen LogP contribution in [0.2, 0.25) is 0 Å². The van der Waals surface area contributed by atoms with Gasteiger partial charge >= 0.3 is 5.97 Å². The van der Waals surface area contributed by atoms with Gasteiger partial charge in [0, 0.05) is 30.7 Å². The lowest BCUT2D eigenvalue weighted by Gasteiger charge is -2.30. The van der Waals surface area contributed by atoms with Gasteiger partial charge in [-0.25, -0.2) is 0 Å². The van der Waals surface area contributed by atoms with Crippen molar-refractivity contribution in [2.75, 3.05) is 44.5 Å². The van der Waals surface area contributed by atoms with Gasteiger partial charge in [-0.05, 0) is 66.5 Å². The van der Waals surface area contributed by atoms with Crippen LogP contribution >= 0.6 is 0 Å². The number of anilines is 1. The van der Waals surface area contributed by atoms with E-state index in [1.165, 1.54) is 5.56 Å². The average Bonchev–Trinajstić information content (AvgIpc) is 3.71. The molecule has 3 aliphatic rings. The van der Waals surface area contributed by atoms with Gasteiger partial charge in [-0.15, -0.1) is 0 Å². The Bertz CT molecular complexity index is 1270. The molecule has 9 nitrogen and oxygen atoms in total. The van der Waals surface area contributed by atoms with Crippen LogP contribution in [-0.4, -0.2) is 73.9 Å². The zero-order valence-corrected chi connectivity index (χ0v) is 25.9. The smallest absolute Gasteiger partial charge is 0.308 e. The van der Waals surface area contributed by atoms with Gasteiger partial charge < -0.3 is 29.0 Å². The molecule has 2 saturated heterocycles. The Balaban J connectivity index is 1.41. The van der Waals surface area contributed by atoms with Gasteiger partial charge in [0.05, 0.1) is 25.7 Å². The van der Waals surface area contributed by atoms with E-state index in [2.05, 4.69) is 44.7 Å². The molecule has 0 saturated carbocycles. The predicted octanol–water partition coefficient (Wildman–Crippen LogP) is 5.46. The van der Waals surface area contributed by atoms with Crippen LogP contribution in [0.1, 0.15) is 70.4 Å². The van der Waals surface area contributed by atoms with Crippen LogP contribution in [0.5, 0.6) is 11.5 Å². The maximum atomic E-state index is 14.1. The minimum Gasteiger partial charge on any atom is -0.481 e. The minimum atomic E-state index is -0.867. The van der Waals surface area contributed by atoms with Gasteiger partial charge in [0.2, 0.25) is 12.7 Å². The number of carbonyl (C=O) groups excluding carboxylic acids is 1. The van der Waals surface area contributed by atoms with Crippen molar-refractivity contribution in [2.45, 2.75) is 78.0 Å². The van der Waals surface area contributed by atoms with E-state index in [1.807, 2.05) is 35.2 Å². The lowest BCUT2D eigenvalue weighted by atomic mass is 9.83. The molecule has 0 radical (unpaired) electrons. The first-order valence-corrected chi connectivity index (χ1v) is 15.6. The molecule has 234 valence electrons. The number of hydrogen-bond acceptors (Lipinski definition) is 7. The van der Waals surface area contributed by atoms with E-state index < -0.39 is 11.9 Å². The highest BCUT2D eigenvalue weighted by Gasteiger charge is 2.47.